The molecule has 138 valence electrons. The van der Waals surface area contributed by atoms with Crippen molar-refractivity contribution in [2.75, 3.05) is 17.2 Å². The van der Waals surface area contributed by atoms with Crippen LogP contribution in [-0.2, 0) is 0 Å². The molecule has 3 aromatic rings. The summed E-state index contributed by atoms with van der Waals surface area (Å²) in [6, 6.07) is 16.8. The average molecular weight is 362 g/mol. The van der Waals surface area contributed by atoms with Crippen LogP contribution in [0.5, 0.6) is 5.75 Å². The Kier molecular flexibility index (Phi) is 5.66. The summed E-state index contributed by atoms with van der Waals surface area (Å²) >= 11 is 0. The summed E-state index contributed by atoms with van der Waals surface area (Å²) in [5.74, 6) is 1.47. The van der Waals surface area contributed by atoms with Crippen molar-refractivity contribution >= 4 is 23.1 Å². The van der Waals surface area contributed by atoms with Crippen LogP contribution in [0.25, 0.3) is 0 Å². The Labute approximate surface area is 158 Å². The Balaban J connectivity index is 1.82. The number of hydrogen-bond acceptors (Lipinski definition) is 5. The fourth-order valence-electron chi connectivity index (χ4n) is 2.57. The minimum atomic E-state index is -0.287. The second kappa shape index (κ2) is 8.31. The zero-order valence-electron chi connectivity index (χ0n) is 15.6. The number of benzene rings is 2. The van der Waals surface area contributed by atoms with Crippen molar-refractivity contribution in [2.45, 2.75) is 20.8 Å². The van der Waals surface area contributed by atoms with Gasteiger partial charge in [0.25, 0.3) is 5.91 Å². The van der Waals surface area contributed by atoms with E-state index in [0.29, 0.717) is 23.9 Å². The number of rotatable bonds is 6. The lowest BCUT2D eigenvalue weighted by molar-refractivity contribution is 0.102. The third-order valence-electron chi connectivity index (χ3n) is 3.83. The Morgan fingerprint density at radius 3 is 2.52 bits per heavy atom. The Bertz CT molecular complexity index is 939. The first-order chi connectivity index (χ1) is 13.0. The summed E-state index contributed by atoms with van der Waals surface area (Å²) in [7, 11) is 0. The summed E-state index contributed by atoms with van der Waals surface area (Å²) in [4.78, 5) is 21.2. The molecule has 0 unspecified atom stereocenters. The molecule has 0 aliphatic heterocycles. The van der Waals surface area contributed by atoms with E-state index < -0.39 is 0 Å². The molecule has 2 N–H and O–H groups in total. The molecular formula is C21H22N4O2. The van der Waals surface area contributed by atoms with Gasteiger partial charge in [-0.1, -0.05) is 29.8 Å². The third-order valence-corrected chi connectivity index (χ3v) is 3.83. The van der Waals surface area contributed by atoms with E-state index in [1.165, 1.54) is 0 Å². The lowest BCUT2D eigenvalue weighted by Crippen LogP contribution is -2.15. The van der Waals surface area contributed by atoms with Gasteiger partial charge >= 0.3 is 0 Å². The Hall–Kier alpha value is -3.41. The standard InChI is InChI=1S/C21H22N4O2/c1-4-27-19-8-6-5-7-17(19)25-20-13-18(22-15(3)23-20)21(26)24-16-11-9-14(2)10-12-16/h5-13H,4H2,1-3H3,(H,24,26)(H,22,23,25). The zero-order chi connectivity index (χ0) is 19.2. The maximum absolute atomic E-state index is 12.6. The van der Waals surface area contributed by atoms with Gasteiger partial charge in [0.05, 0.1) is 12.3 Å². The van der Waals surface area contributed by atoms with Crippen molar-refractivity contribution in [3.05, 3.63) is 71.7 Å². The summed E-state index contributed by atoms with van der Waals surface area (Å²) in [5.41, 5.74) is 2.92. The zero-order valence-corrected chi connectivity index (χ0v) is 15.6. The number of nitrogens with zero attached hydrogens (tertiary/aromatic N) is 2. The molecular weight excluding hydrogens is 340 g/mol. The van der Waals surface area contributed by atoms with Crippen LogP contribution in [0, 0.1) is 13.8 Å². The molecule has 0 aliphatic carbocycles. The predicted octanol–water partition coefficient (Wildman–Crippen LogP) is 4.49. The monoisotopic (exact) mass is 362 g/mol. The third kappa shape index (κ3) is 4.82. The number of carbonyl (C=O) groups is 1. The van der Waals surface area contributed by atoms with Gasteiger partial charge in [-0.2, -0.15) is 0 Å². The summed E-state index contributed by atoms with van der Waals surface area (Å²) < 4.78 is 5.62. The van der Waals surface area contributed by atoms with E-state index in [1.807, 2.05) is 62.4 Å². The number of nitrogens with one attached hydrogen (secondary N) is 2. The smallest absolute Gasteiger partial charge is 0.274 e. The highest BCUT2D eigenvalue weighted by Crippen LogP contribution is 2.27. The molecule has 27 heavy (non-hydrogen) atoms. The largest absolute Gasteiger partial charge is 0.492 e. The molecule has 0 bridgehead atoms. The lowest BCUT2D eigenvalue weighted by atomic mass is 10.2. The summed E-state index contributed by atoms with van der Waals surface area (Å²) in [6.07, 6.45) is 0. The molecule has 2 aromatic carbocycles. The van der Waals surface area contributed by atoms with Gasteiger partial charge in [0.2, 0.25) is 0 Å². The minimum Gasteiger partial charge on any atom is -0.492 e. The molecule has 1 amide bonds. The van der Waals surface area contributed by atoms with Crippen LogP contribution in [0.15, 0.2) is 54.6 Å². The highest BCUT2D eigenvalue weighted by atomic mass is 16.5. The van der Waals surface area contributed by atoms with E-state index in [0.717, 1.165) is 22.7 Å². The van der Waals surface area contributed by atoms with E-state index in [9.17, 15) is 4.79 Å². The molecule has 0 radical (unpaired) electrons. The SMILES string of the molecule is CCOc1ccccc1Nc1cc(C(=O)Nc2ccc(C)cc2)nc(C)n1. The van der Waals surface area contributed by atoms with E-state index in [-0.39, 0.29) is 5.91 Å². The predicted molar refractivity (Wildman–Crippen MR) is 107 cm³/mol. The van der Waals surface area contributed by atoms with Crippen LogP contribution in [-0.4, -0.2) is 22.5 Å². The van der Waals surface area contributed by atoms with Crippen LogP contribution < -0.4 is 15.4 Å². The van der Waals surface area contributed by atoms with Gasteiger partial charge in [-0.15, -0.1) is 0 Å². The molecule has 0 atom stereocenters. The van der Waals surface area contributed by atoms with Gasteiger partial charge in [0.15, 0.2) is 0 Å². The van der Waals surface area contributed by atoms with Crippen LogP contribution in [0.3, 0.4) is 0 Å². The van der Waals surface area contributed by atoms with Crippen LogP contribution >= 0.6 is 0 Å². The normalized spacial score (nSPS) is 10.3. The Morgan fingerprint density at radius 2 is 1.78 bits per heavy atom. The number of hydrogen-bond donors (Lipinski definition) is 2. The molecule has 0 saturated carbocycles. The van der Waals surface area contributed by atoms with Crippen LogP contribution in [0.4, 0.5) is 17.2 Å². The number of anilines is 3. The average Bonchev–Trinajstić information content (AvgIpc) is 2.65. The molecule has 0 aliphatic rings. The first-order valence-electron chi connectivity index (χ1n) is 8.77. The van der Waals surface area contributed by atoms with Gasteiger partial charge < -0.3 is 15.4 Å². The van der Waals surface area contributed by atoms with E-state index in [2.05, 4.69) is 20.6 Å². The quantitative estimate of drug-likeness (QED) is 0.676. The summed E-state index contributed by atoms with van der Waals surface area (Å²) in [6.45, 7) is 6.24. The van der Waals surface area contributed by atoms with Crippen molar-refractivity contribution in [1.82, 2.24) is 9.97 Å². The van der Waals surface area contributed by atoms with E-state index in [1.54, 1.807) is 13.0 Å². The molecule has 0 saturated heterocycles. The topological polar surface area (TPSA) is 76.1 Å². The second-order valence-corrected chi connectivity index (χ2v) is 6.06. The molecule has 0 spiro atoms. The van der Waals surface area contributed by atoms with E-state index >= 15 is 0 Å². The van der Waals surface area contributed by atoms with Crippen molar-refractivity contribution < 1.29 is 9.53 Å². The molecule has 6 nitrogen and oxygen atoms in total. The Morgan fingerprint density at radius 1 is 1.04 bits per heavy atom. The van der Waals surface area contributed by atoms with Crippen LogP contribution in [0.2, 0.25) is 0 Å². The first-order valence-corrected chi connectivity index (χ1v) is 8.77. The maximum atomic E-state index is 12.6. The minimum absolute atomic E-state index is 0.287. The van der Waals surface area contributed by atoms with Gasteiger partial charge in [0, 0.05) is 11.8 Å². The molecule has 1 aromatic heterocycles. The number of amides is 1. The molecule has 1 heterocycles. The molecule has 3 rings (SSSR count). The highest BCUT2D eigenvalue weighted by Gasteiger charge is 2.12. The van der Waals surface area contributed by atoms with Crippen molar-refractivity contribution in [3.63, 3.8) is 0 Å². The van der Waals surface area contributed by atoms with E-state index in [4.69, 9.17) is 4.74 Å². The van der Waals surface area contributed by atoms with Gasteiger partial charge in [-0.3, -0.25) is 4.79 Å². The number of carbonyl (C=O) groups excluding carboxylic acids is 1. The van der Waals surface area contributed by atoms with Crippen molar-refractivity contribution in [3.8, 4) is 5.75 Å². The highest BCUT2D eigenvalue weighted by molar-refractivity contribution is 6.03. The fourth-order valence-corrected chi connectivity index (χ4v) is 2.57. The fraction of sp³-hybridized carbons (Fsp3) is 0.190. The first kappa shape index (κ1) is 18.4. The number of aryl methyl sites for hydroxylation is 2. The number of para-hydroxylation sites is 2. The van der Waals surface area contributed by atoms with Crippen molar-refractivity contribution in [1.29, 1.82) is 0 Å². The number of aromatic nitrogens is 2. The number of ether oxygens (including phenoxy) is 1. The summed E-state index contributed by atoms with van der Waals surface area (Å²) in [5, 5.41) is 6.06. The van der Waals surface area contributed by atoms with Gasteiger partial charge in [0.1, 0.15) is 23.1 Å². The van der Waals surface area contributed by atoms with Crippen LogP contribution in [0.1, 0.15) is 28.8 Å². The van der Waals surface area contributed by atoms with Crippen molar-refractivity contribution in [2.24, 2.45) is 0 Å². The maximum Gasteiger partial charge on any atom is 0.274 e. The molecule has 0 fully saturated rings. The second-order valence-electron chi connectivity index (χ2n) is 6.06. The van der Waals surface area contributed by atoms with Gasteiger partial charge in [-0.05, 0) is 45.0 Å². The molecule has 6 heteroatoms. The lowest BCUT2D eigenvalue weighted by Gasteiger charge is -2.13. The van der Waals surface area contributed by atoms with Gasteiger partial charge in [-0.25, -0.2) is 9.97 Å².